The van der Waals surface area contributed by atoms with Crippen LogP contribution < -0.4 is 5.73 Å². The standard InChI is InChI=1S/C15H17N5O/c1-11(9-16)10-19(2)15(21)14-7-8-20(18-14)13-5-3-12(17)4-6-13/h3-8,11H,10,17H2,1-2H3. The van der Waals surface area contributed by atoms with Gasteiger partial charge in [-0.1, -0.05) is 0 Å². The summed E-state index contributed by atoms with van der Waals surface area (Å²) in [5.41, 5.74) is 7.49. The molecule has 2 aromatic rings. The van der Waals surface area contributed by atoms with Crippen LogP contribution in [0.25, 0.3) is 5.69 Å². The highest BCUT2D eigenvalue weighted by molar-refractivity contribution is 5.92. The first-order valence-corrected chi connectivity index (χ1v) is 6.58. The number of benzene rings is 1. The molecule has 1 aromatic carbocycles. The van der Waals surface area contributed by atoms with Gasteiger partial charge in [0.15, 0.2) is 5.69 Å². The zero-order valence-electron chi connectivity index (χ0n) is 12.0. The second-order valence-corrected chi connectivity index (χ2v) is 4.95. The van der Waals surface area contributed by atoms with E-state index in [9.17, 15) is 4.79 Å². The van der Waals surface area contributed by atoms with Crippen molar-refractivity contribution >= 4 is 11.6 Å². The molecular formula is C15H17N5O. The van der Waals surface area contributed by atoms with Crippen LogP contribution in [0.3, 0.4) is 0 Å². The van der Waals surface area contributed by atoms with E-state index in [1.54, 1.807) is 43.0 Å². The van der Waals surface area contributed by atoms with Crippen LogP contribution in [0, 0.1) is 17.2 Å². The summed E-state index contributed by atoms with van der Waals surface area (Å²) in [5.74, 6) is -0.413. The van der Waals surface area contributed by atoms with Gasteiger partial charge < -0.3 is 10.6 Å². The van der Waals surface area contributed by atoms with Crippen molar-refractivity contribution in [1.82, 2.24) is 14.7 Å². The number of aromatic nitrogens is 2. The average Bonchev–Trinajstić information content (AvgIpc) is 2.96. The van der Waals surface area contributed by atoms with E-state index in [0.29, 0.717) is 17.9 Å². The minimum atomic E-state index is -0.210. The first-order chi connectivity index (χ1) is 10.0. The van der Waals surface area contributed by atoms with Gasteiger partial charge in [-0.25, -0.2) is 4.68 Å². The van der Waals surface area contributed by atoms with Gasteiger partial charge >= 0.3 is 0 Å². The van der Waals surface area contributed by atoms with Gasteiger partial charge in [0.1, 0.15) is 0 Å². The summed E-state index contributed by atoms with van der Waals surface area (Å²) in [4.78, 5) is 13.7. The van der Waals surface area contributed by atoms with E-state index >= 15 is 0 Å². The number of nitriles is 1. The largest absolute Gasteiger partial charge is 0.399 e. The first-order valence-electron chi connectivity index (χ1n) is 6.58. The monoisotopic (exact) mass is 283 g/mol. The van der Waals surface area contributed by atoms with Crippen molar-refractivity contribution < 1.29 is 4.79 Å². The molecule has 21 heavy (non-hydrogen) atoms. The number of hydrogen-bond acceptors (Lipinski definition) is 4. The first kappa shape index (κ1) is 14.6. The summed E-state index contributed by atoms with van der Waals surface area (Å²) in [6.45, 7) is 2.15. The van der Waals surface area contributed by atoms with Gasteiger partial charge in [0, 0.05) is 25.5 Å². The molecular weight excluding hydrogens is 266 g/mol. The van der Waals surface area contributed by atoms with Gasteiger partial charge in [-0.3, -0.25) is 4.79 Å². The van der Waals surface area contributed by atoms with Crippen molar-refractivity contribution in [2.45, 2.75) is 6.92 Å². The van der Waals surface area contributed by atoms with E-state index in [0.717, 1.165) is 5.69 Å². The van der Waals surface area contributed by atoms with Crippen molar-refractivity contribution in [3.63, 3.8) is 0 Å². The number of nitrogen functional groups attached to an aromatic ring is 1. The molecule has 0 saturated heterocycles. The highest BCUT2D eigenvalue weighted by Gasteiger charge is 2.17. The molecule has 1 heterocycles. The smallest absolute Gasteiger partial charge is 0.274 e. The molecule has 0 aliphatic heterocycles. The molecule has 0 fully saturated rings. The molecule has 6 nitrogen and oxygen atoms in total. The summed E-state index contributed by atoms with van der Waals surface area (Å²) in [7, 11) is 1.67. The Kier molecular flexibility index (Phi) is 4.24. The maximum absolute atomic E-state index is 12.2. The van der Waals surface area contributed by atoms with Crippen molar-refractivity contribution in [2.24, 2.45) is 5.92 Å². The van der Waals surface area contributed by atoms with Crippen LogP contribution in [0.15, 0.2) is 36.5 Å². The average molecular weight is 283 g/mol. The number of nitrogens with two attached hydrogens (primary N) is 1. The molecule has 0 saturated carbocycles. The Morgan fingerprint density at radius 1 is 1.43 bits per heavy atom. The summed E-state index contributed by atoms with van der Waals surface area (Å²) < 4.78 is 1.62. The lowest BCUT2D eigenvalue weighted by atomic mass is 10.2. The lowest BCUT2D eigenvalue weighted by Gasteiger charge is -2.16. The minimum Gasteiger partial charge on any atom is -0.399 e. The van der Waals surface area contributed by atoms with Gasteiger partial charge in [0.2, 0.25) is 0 Å². The molecule has 2 rings (SSSR count). The zero-order valence-corrected chi connectivity index (χ0v) is 12.0. The van der Waals surface area contributed by atoms with Crippen molar-refractivity contribution in [2.75, 3.05) is 19.3 Å². The van der Waals surface area contributed by atoms with Crippen molar-refractivity contribution in [3.8, 4) is 11.8 Å². The lowest BCUT2D eigenvalue weighted by Crippen LogP contribution is -2.31. The Labute approximate surface area is 123 Å². The van der Waals surface area contributed by atoms with Crippen molar-refractivity contribution in [3.05, 3.63) is 42.2 Å². The second-order valence-electron chi connectivity index (χ2n) is 4.95. The normalized spacial score (nSPS) is 11.7. The third-order valence-corrected chi connectivity index (χ3v) is 3.08. The second kappa shape index (κ2) is 6.09. The van der Waals surface area contributed by atoms with Gasteiger partial charge in [0.25, 0.3) is 5.91 Å². The van der Waals surface area contributed by atoms with E-state index in [-0.39, 0.29) is 11.8 Å². The Balaban J connectivity index is 2.14. The Bertz CT molecular complexity index is 668. The number of hydrogen-bond donors (Lipinski definition) is 1. The maximum atomic E-state index is 12.2. The van der Waals surface area contributed by atoms with Gasteiger partial charge in [-0.2, -0.15) is 10.4 Å². The summed E-state index contributed by atoms with van der Waals surface area (Å²) in [6.07, 6.45) is 1.72. The minimum absolute atomic E-state index is 0.203. The fraction of sp³-hybridized carbons (Fsp3) is 0.267. The number of amides is 1. The van der Waals surface area contributed by atoms with Crippen molar-refractivity contribution in [1.29, 1.82) is 5.26 Å². The van der Waals surface area contributed by atoms with Gasteiger partial charge in [-0.05, 0) is 37.3 Å². The molecule has 0 radical (unpaired) electrons. The third-order valence-electron chi connectivity index (χ3n) is 3.08. The zero-order chi connectivity index (χ0) is 15.4. The van der Waals surface area contributed by atoms with E-state index in [2.05, 4.69) is 11.2 Å². The number of nitrogens with zero attached hydrogens (tertiary/aromatic N) is 4. The predicted octanol–water partition coefficient (Wildman–Crippen LogP) is 1.69. The van der Waals surface area contributed by atoms with E-state index < -0.39 is 0 Å². The molecule has 1 unspecified atom stereocenters. The van der Waals surface area contributed by atoms with E-state index in [4.69, 9.17) is 11.0 Å². The molecule has 108 valence electrons. The van der Waals surface area contributed by atoms with Crippen LogP contribution in [0.1, 0.15) is 17.4 Å². The van der Waals surface area contributed by atoms with Crippen LogP contribution in [0.2, 0.25) is 0 Å². The molecule has 0 aliphatic rings. The summed E-state index contributed by atoms with van der Waals surface area (Å²) in [6, 6.07) is 11.0. The van der Waals surface area contributed by atoms with Crippen LogP contribution in [0.4, 0.5) is 5.69 Å². The predicted molar refractivity (Wildman–Crippen MR) is 79.7 cm³/mol. The number of anilines is 1. The van der Waals surface area contributed by atoms with E-state index in [1.165, 1.54) is 4.90 Å². The van der Waals surface area contributed by atoms with E-state index in [1.807, 2.05) is 12.1 Å². The van der Waals surface area contributed by atoms with Crippen LogP contribution in [-0.2, 0) is 0 Å². The number of carbonyl (C=O) groups is 1. The quantitative estimate of drug-likeness (QED) is 0.865. The van der Waals surface area contributed by atoms with Gasteiger partial charge in [-0.15, -0.1) is 0 Å². The molecule has 0 bridgehead atoms. The highest BCUT2D eigenvalue weighted by Crippen LogP contribution is 2.11. The van der Waals surface area contributed by atoms with Crippen LogP contribution >= 0.6 is 0 Å². The van der Waals surface area contributed by atoms with Crippen LogP contribution in [-0.4, -0.2) is 34.2 Å². The SMILES string of the molecule is CC(C#N)CN(C)C(=O)c1ccn(-c2ccc(N)cc2)n1. The Morgan fingerprint density at radius 2 is 2.10 bits per heavy atom. The molecule has 0 spiro atoms. The fourth-order valence-corrected chi connectivity index (χ4v) is 1.94. The molecule has 1 amide bonds. The fourth-order valence-electron chi connectivity index (χ4n) is 1.94. The number of rotatable bonds is 4. The molecule has 2 N–H and O–H groups in total. The van der Waals surface area contributed by atoms with Crippen LogP contribution in [0.5, 0.6) is 0 Å². The highest BCUT2D eigenvalue weighted by atomic mass is 16.2. The molecule has 1 atom stereocenters. The topological polar surface area (TPSA) is 87.9 Å². The molecule has 0 aliphatic carbocycles. The summed E-state index contributed by atoms with van der Waals surface area (Å²) >= 11 is 0. The van der Waals surface area contributed by atoms with Gasteiger partial charge in [0.05, 0.1) is 17.7 Å². The number of carbonyl (C=O) groups excluding carboxylic acids is 1. The lowest BCUT2D eigenvalue weighted by molar-refractivity contribution is 0.0779. The summed E-state index contributed by atoms with van der Waals surface area (Å²) in [5, 5.41) is 13.1. The maximum Gasteiger partial charge on any atom is 0.274 e. The Hall–Kier alpha value is -2.81. The Morgan fingerprint density at radius 3 is 2.71 bits per heavy atom. The third kappa shape index (κ3) is 3.39. The molecule has 6 heteroatoms. The molecule has 1 aromatic heterocycles.